The number of benzene rings is 1. The fourth-order valence-electron chi connectivity index (χ4n) is 2.84. The van der Waals surface area contributed by atoms with E-state index >= 15 is 0 Å². The highest BCUT2D eigenvalue weighted by Crippen LogP contribution is 2.31. The number of pyridine rings is 1. The number of carbonyl (C=O) groups excluding carboxylic acids is 1. The Labute approximate surface area is 148 Å². The van der Waals surface area contributed by atoms with Gasteiger partial charge in [-0.3, -0.25) is 10.1 Å². The van der Waals surface area contributed by atoms with E-state index in [1.165, 1.54) is 31.5 Å². The third kappa shape index (κ3) is 3.53. The molecule has 0 saturated carbocycles. The minimum atomic E-state index is -0.677. The van der Waals surface area contributed by atoms with Gasteiger partial charge in [0.15, 0.2) is 0 Å². The lowest BCUT2D eigenvalue weighted by Gasteiger charge is -2.27. The van der Waals surface area contributed by atoms with Crippen molar-refractivity contribution in [3.8, 4) is 0 Å². The molecule has 26 heavy (non-hydrogen) atoms. The predicted molar refractivity (Wildman–Crippen MR) is 93.4 cm³/mol. The molecule has 0 fully saturated rings. The van der Waals surface area contributed by atoms with E-state index in [0.29, 0.717) is 19.5 Å². The van der Waals surface area contributed by atoms with Crippen LogP contribution in [-0.2, 0) is 4.74 Å². The molecule has 1 aromatic heterocycles. The summed E-state index contributed by atoms with van der Waals surface area (Å²) in [6, 6.07) is 7.40. The van der Waals surface area contributed by atoms with Crippen molar-refractivity contribution in [3.05, 3.63) is 69.7 Å². The van der Waals surface area contributed by atoms with E-state index in [9.17, 15) is 19.3 Å². The molecule has 8 heteroatoms. The van der Waals surface area contributed by atoms with Crippen LogP contribution in [0.25, 0.3) is 5.57 Å². The Morgan fingerprint density at radius 2 is 2.08 bits per heavy atom. The van der Waals surface area contributed by atoms with Gasteiger partial charge in [0.25, 0.3) is 0 Å². The van der Waals surface area contributed by atoms with Crippen molar-refractivity contribution in [3.63, 3.8) is 0 Å². The van der Waals surface area contributed by atoms with Gasteiger partial charge in [-0.1, -0.05) is 18.2 Å². The van der Waals surface area contributed by atoms with Gasteiger partial charge in [0.05, 0.1) is 17.6 Å². The van der Waals surface area contributed by atoms with Gasteiger partial charge < -0.3 is 9.64 Å². The van der Waals surface area contributed by atoms with Gasteiger partial charge in [0.1, 0.15) is 5.82 Å². The number of esters is 1. The molecule has 3 rings (SSSR count). The molecule has 0 unspecified atom stereocenters. The Balaban J connectivity index is 1.85. The number of anilines is 1. The molecular weight excluding hydrogens is 341 g/mol. The Morgan fingerprint density at radius 3 is 2.65 bits per heavy atom. The molecule has 1 aromatic carbocycles. The first kappa shape index (κ1) is 17.5. The first-order valence-corrected chi connectivity index (χ1v) is 7.92. The van der Waals surface area contributed by atoms with Crippen LogP contribution in [0.15, 0.2) is 42.6 Å². The second-order valence-corrected chi connectivity index (χ2v) is 5.75. The molecule has 0 spiro atoms. The second-order valence-electron chi connectivity index (χ2n) is 5.75. The summed E-state index contributed by atoms with van der Waals surface area (Å²) in [7, 11) is 1.20. The normalized spacial score (nSPS) is 13.9. The molecule has 0 saturated heterocycles. The minimum Gasteiger partial charge on any atom is -0.465 e. The largest absolute Gasteiger partial charge is 0.465 e. The molecule has 1 aliphatic heterocycles. The Kier molecular flexibility index (Phi) is 4.92. The highest BCUT2D eigenvalue weighted by Gasteiger charge is 2.25. The summed E-state index contributed by atoms with van der Waals surface area (Å²) in [6.07, 6.45) is 3.85. The third-order valence-corrected chi connectivity index (χ3v) is 4.19. The molecule has 0 radical (unpaired) electrons. The molecule has 0 N–H and O–H groups in total. The summed E-state index contributed by atoms with van der Waals surface area (Å²) < 4.78 is 17.6. The van der Waals surface area contributed by atoms with Crippen LogP contribution in [0.4, 0.5) is 15.9 Å². The number of halogens is 1. The molecule has 0 aliphatic carbocycles. The summed E-state index contributed by atoms with van der Waals surface area (Å²) in [5.74, 6) is -0.765. The summed E-state index contributed by atoms with van der Waals surface area (Å²) in [4.78, 5) is 28.3. The van der Waals surface area contributed by atoms with Crippen LogP contribution >= 0.6 is 0 Å². The second kappa shape index (κ2) is 7.30. The topological polar surface area (TPSA) is 85.6 Å². The number of ether oxygens (including phenoxy) is 1. The van der Waals surface area contributed by atoms with Gasteiger partial charge >= 0.3 is 11.7 Å². The van der Waals surface area contributed by atoms with Crippen molar-refractivity contribution in [2.24, 2.45) is 0 Å². The van der Waals surface area contributed by atoms with Crippen molar-refractivity contribution < 1.29 is 18.8 Å². The number of hydrogen-bond acceptors (Lipinski definition) is 6. The van der Waals surface area contributed by atoms with E-state index in [4.69, 9.17) is 0 Å². The number of aromatic nitrogens is 1. The lowest BCUT2D eigenvalue weighted by Crippen LogP contribution is -2.29. The van der Waals surface area contributed by atoms with E-state index in [2.05, 4.69) is 9.72 Å². The van der Waals surface area contributed by atoms with Crippen LogP contribution in [0.1, 0.15) is 22.3 Å². The summed E-state index contributed by atoms with van der Waals surface area (Å²) >= 11 is 0. The van der Waals surface area contributed by atoms with Gasteiger partial charge in [-0.2, -0.15) is 0 Å². The number of nitro groups is 1. The maximum Gasteiger partial charge on any atom is 0.339 e. The van der Waals surface area contributed by atoms with Gasteiger partial charge in [-0.15, -0.1) is 0 Å². The molecular formula is C18H16FN3O4. The molecule has 2 aromatic rings. The number of methoxy groups -OCH3 is 1. The monoisotopic (exact) mass is 357 g/mol. The number of carbonyl (C=O) groups is 1. The van der Waals surface area contributed by atoms with Crippen molar-refractivity contribution in [2.45, 2.75) is 6.42 Å². The zero-order chi connectivity index (χ0) is 18.7. The van der Waals surface area contributed by atoms with E-state index in [1.807, 2.05) is 6.08 Å². The predicted octanol–water partition coefficient (Wildman–Crippen LogP) is 3.21. The summed E-state index contributed by atoms with van der Waals surface area (Å²) in [6.45, 7) is 0.951. The smallest absolute Gasteiger partial charge is 0.339 e. The van der Waals surface area contributed by atoms with Crippen molar-refractivity contribution >= 4 is 23.0 Å². The molecule has 0 bridgehead atoms. The first-order chi connectivity index (χ1) is 12.5. The minimum absolute atomic E-state index is 0.0301. The number of hydrogen-bond donors (Lipinski definition) is 0. The zero-order valence-electron chi connectivity index (χ0n) is 14.0. The SMILES string of the molecule is COC(=O)c1cnc(N2CC=C(c3ccc(F)cc3)CC2)c([N+](=O)[O-])c1. The van der Waals surface area contributed by atoms with Crippen LogP contribution in [0.3, 0.4) is 0 Å². The zero-order valence-corrected chi connectivity index (χ0v) is 14.0. The van der Waals surface area contributed by atoms with E-state index in [1.54, 1.807) is 17.0 Å². The van der Waals surface area contributed by atoms with Gasteiger partial charge in [0, 0.05) is 25.4 Å². The van der Waals surface area contributed by atoms with E-state index < -0.39 is 10.9 Å². The highest BCUT2D eigenvalue weighted by atomic mass is 19.1. The Bertz CT molecular complexity index is 881. The lowest BCUT2D eigenvalue weighted by atomic mass is 9.99. The van der Waals surface area contributed by atoms with Gasteiger partial charge in [-0.25, -0.2) is 14.2 Å². The standard InChI is InChI=1S/C18H16FN3O4/c1-26-18(23)14-10-16(22(24)25)17(20-11-14)21-8-6-13(7-9-21)12-2-4-15(19)5-3-12/h2-6,10-11H,7-9H2,1H3. The maximum absolute atomic E-state index is 13.0. The van der Waals surface area contributed by atoms with Crippen molar-refractivity contribution in [2.75, 3.05) is 25.1 Å². The van der Waals surface area contributed by atoms with Crippen molar-refractivity contribution in [1.82, 2.24) is 4.98 Å². The average molecular weight is 357 g/mol. The quantitative estimate of drug-likeness (QED) is 0.474. The number of nitrogens with zero attached hydrogens (tertiary/aromatic N) is 3. The Morgan fingerprint density at radius 1 is 1.35 bits per heavy atom. The molecule has 1 aliphatic rings. The summed E-state index contributed by atoms with van der Waals surface area (Å²) in [5, 5.41) is 11.4. The van der Waals surface area contributed by atoms with Crippen LogP contribution in [0.2, 0.25) is 0 Å². The molecule has 0 amide bonds. The van der Waals surface area contributed by atoms with Gasteiger partial charge in [0.2, 0.25) is 5.82 Å². The van der Waals surface area contributed by atoms with E-state index in [0.717, 1.165) is 11.1 Å². The first-order valence-electron chi connectivity index (χ1n) is 7.92. The fraction of sp³-hybridized carbons (Fsp3) is 0.222. The average Bonchev–Trinajstić information content (AvgIpc) is 2.67. The van der Waals surface area contributed by atoms with Crippen LogP contribution in [0.5, 0.6) is 0 Å². The van der Waals surface area contributed by atoms with Crippen LogP contribution < -0.4 is 4.90 Å². The fourth-order valence-corrected chi connectivity index (χ4v) is 2.84. The van der Waals surface area contributed by atoms with Gasteiger partial charge in [-0.05, 0) is 29.7 Å². The molecule has 0 atom stereocenters. The molecule has 7 nitrogen and oxygen atoms in total. The third-order valence-electron chi connectivity index (χ3n) is 4.19. The van der Waals surface area contributed by atoms with E-state index in [-0.39, 0.29) is 22.9 Å². The number of rotatable bonds is 4. The van der Waals surface area contributed by atoms with Crippen LogP contribution in [0, 0.1) is 15.9 Å². The van der Waals surface area contributed by atoms with Crippen molar-refractivity contribution in [1.29, 1.82) is 0 Å². The van der Waals surface area contributed by atoms with Crippen LogP contribution in [-0.4, -0.2) is 36.1 Å². The Hall–Kier alpha value is -3.29. The molecule has 2 heterocycles. The summed E-state index contributed by atoms with van der Waals surface area (Å²) in [5.41, 5.74) is 1.76. The lowest BCUT2D eigenvalue weighted by molar-refractivity contribution is -0.384. The highest BCUT2D eigenvalue weighted by molar-refractivity contribution is 5.90. The maximum atomic E-state index is 13.0. The molecule has 134 valence electrons.